The molecule has 2 aliphatic carbocycles. The Morgan fingerprint density at radius 2 is 1.58 bits per heavy atom. The fourth-order valence-electron chi connectivity index (χ4n) is 4.67. The van der Waals surface area contributed by atoms with E-state index in [1.807, 2.05) is 30.3 Å². The first kappa shape index (κ1) is 16.7. The van der Waals surface area contributed by atoms with Gasteiger partial charge in [0.25, 0.3) is 0 Å². The Balaban J connectivity index is 2.20. The van der Waals surface area contributed by atoms with Gasteiger partial charge >= 0.3 is 11.9 Å². The maximum atomic E-state index is 12.9. The molecule has 0 heterocycles. The molecule has 24 heavy (non-hydrogen) atoms. The van der Waals surface area contributed by atoms with E-state index in [2.05, 4.69) is 19.9 Å². The number of methoxy groups -OCH3 is 2. The van der Waals surface area contributed by atoms with Gasteiger partial charge < -0.3 is 9.47 Å². The van der Waals surface area contributed by atoms with Gasteiger partial charge in [0, 0.05) is 11.8 Å². The Morgan fingerprint density at radius 3 is 2.12 bits per heavy atom. The second kappa shape index (κ2) is 5.76. The zero-order valence-corrected chi connectivity index (χ0v) is 14.7. The van der Waals surface area contributed by atoms with E-state index in [1.165, 1.54) is 19.8 Å². The van der Waals surface area contributed by atoms with Gasteiger partial charge in [-0.05, 0) is 23.8 Å². The zero-order valence-electron chi connectivity index (χ0n) is 14.7. The van der Waals surface area contributed by atoms with E-state index in [-0.39, 0.29) is 17.3 Å². The number of hydrogen-bond donors (Lipinski definition) is 0. The van der Waals surface area contributed by atoms with Crippen LogP contribution in [0.5, 0.6) is 0 Å². The molecule has 0 unspecified atom stereocenters. The topological polar surface area (TPSA) is 52.6 Å². The van der Waals surface area contributed by atoms with Gasteiger partial charge in [-0.15, -0.1) is 0 Å². The molecule has 0 N–H and O–H groups in total. The van der Waals surface area contributed by atoms with Crippen molar-refractivity contribution in [2.75, 3.05) is 14.2 Å². The molecule has 4 nitrogen and oxygen atoms in total. The quantitative estimate of drug-likeness (QED) is 0.484. The summed E-state index contributed by atoms with van der Waals surface area (Å²) < 4.78 is 10.2. The third kappa shape index (κ3) is 2.27. The predicted octanol–water partition coefficient (Wildman–Crippen LogP) is 3.48. The summed E-state index contributed by atoms with van der Waals surface area (Å²) in [5.41, 5.74) is 0.811. The number of fused-ring (bicyclic) bond motifs is 1. The zero-order chi connectivity index (χ0) is 17.5. The van der Waals surface area contributed by atoms with Crippen LogP contribution in [0.25, 0.3) is 0 Å². The van der Waals surface area contributed by atoms with Gasteiger partial charge in [0.2, 0.25) is 0 Å². The van der Waals surface area contributed by atoms with Crippen LogP contribution in [0.2, 0.25) is 0 Å². The Morgan fingerprint density at radius 1 is 1.00 bits per heavy atom. The van der Waals surface area contributed by atoms with Crippen LogP contribution in [-0.4, -0.2) is 26.2 Å². The monoisotopic (exact) mass is 328 g/mol. The molecule has 1 fully saturated rings. The molecule has 0 spiro atoms. The minimum absolute atomic E-state index is 0.0328. The van der Waals surface area contributed by atoms with E-state index in [1.54, 1.807) is 0 Å². The lowest BCUT2D eigenvalue weighted by Crippen LogP contribution is -2.48. The SMILES string of the molecule is COC(=O)C1(C(=O)OC)[C@H]2CC(C)(C)C=C2C[C@H]1c1ccccc1. The normalized spacial score (nSPS) is 26.4. The van der Waals surface area contributed by atoms with Gasteiger partial charge in [0.1, 0.15) is 0 Å². The first-order valence-corrected chi connectivity index (χ1v) is 8.30. The number of allylic oxidation sites excluding steroid dienone is 2. The number of benzene rings is 1. The summed E-state index contributed by atoms with van der Waals surface area (Å²) >= 11 is 0. The Kier molecular flexibility index (Phi) is 4.02. The van der Waals surface area contributed by atoms with E-state index in [4.69, 9.17) is 9.47 Å². The molecule has 128 valence electrons. The average molecular weight is 328 g/mol. The summed E-state index contributed by atoms with van der Waals surface area (Å²) in [6, 6.07) is 9.73. The van der Waals surface area contributed by atoms with E-state index in [9.17, 15) is 9.59 Å². The second-order valence-corrected chi connectivity index (χ2v) is 7.48. The maximum Gasteiger partial charge on any atom is 0.324 e. The van der Waals surface area contributed by atoms with E-state index in [0.29, 0.717) is 6.42 Å². The first-order valence-electron chi connectivity index (χ1n) is 8.30. The molecule has 0 aliphatic heterocycles. The van der Waals surface area contributed by atoms with Crippen molar-refractivity contribution in [2.45, 2.75) is 32.6 Å². The Bertz CT molecular complexity index is 671. The van der Waals surface area contributed by atoms with E-state index < -0.39 is 17.4 Å². The molecule has 1 saturated carbocycles. The van der Waals surface area contributed by atoms with Crippen molar-refractivity contribution in [1.82, 2.24) is 0 Å². The summed E-state index contributed by atoms with van der Waals surface area (Å²) in [7, 11) is 2.69. The van der Waals surface area contributed by atoms with Crippen LogP contribution >= 0.6 is 0 Å². The molecule has 3 rings (SSSR count). The van der Waals surface area contributed by atoms with Gasteiger partial charge in [0.05, 0.1) is 14.2 Å². The molecule has 0 aromatic heterocycles. The van der Waals surface area contributed by atoms with Gasteiger partial charge in [0.15, 0.2) is 5.41 Å². The molecule has 0 amide bonds. The van der Waals surface area contributed by atoms with Crippen LogP contribution < -0.4 is 0 Å². The highest BCUT2D eigenvalue weighted by Gasteiger charge is 2.66. The number of esters is 2. The molecule has 2 atom stereocenters. The van der Waals surface area contributed by atoms with Crippen LogP contribution in [0.4, 0.5) is 0 Å². The van der Waals surface area contributed by atoms with Gasteiger partial charge in [-0.1, -0.05) is 55.8 Å². The van der Waals surface area contributed by atoms with Crippen molar-refractivity contribution < 1.29 is 19.1 Å². The third-order valence-electron chi connectivity index (χ3n) is 5.54. The lowest BCUT2D eigenvalue weighted by atomic mass is 9.67. The minimum Gasteiger partial charge on any atom is -0.468 e. The molecule has 2 aliphatic rings. The maximum absolute atomic E-state index is 12.9. The van der Waals surface area contributed by atoms with Gasteiger partial charge in [-0.25, -0.2) is 0 Å². The Labute approximate surface area is 142 Å². The smallest absolute Gasteiger partial charge is 0.324 e. The van der Waals surface area contributed by atoms with Crippen LogP contribution in [0.15, 0.2) is 42.0 Å². The molecule has 4 heteroatoms. The summed E-state index contributed by atoms with van der Waals surface area (Å²) in [4.78, 5) is 25.8. The minimum atomic E-state index is -1.30. The van der Waals surface area contributed by atoms with E-state index in [0.717, 1.165) is 12.0 Å². The van der Waals surface area contributed by atoms with Crippen LogP contribution in [0.1, 0.15) is 38.2 Å². The van der Waals surface area contributed by atoms with Crippen LogP contribution in [-0.2, 0) is 19.1 Å². The Hall–Kier alpha value is -2.10. The largest absolute Gasteiger partial charge is 0.468 e. The first-order chi connectivity index (χ1) is 11.4. The summed E-state index contributed by atoms with van der Waals surface area (Å²) in [5.74, 6) is -1.41. The second-order valence-electron chi connectivity index (χ2n) is 7.48. The van der Waals surface area contributed by atoms with Crippen LogP contribution in [0.3, 0.4) is 0 Å². The van der Waals surface area contributed by atoms with Crippen molar-refractivity contribution in [3.63, 3.8) is 0 Å². The standard InChI is InChI=1S/C20H24O4/c1-19(2)11-14-10-15(13-8-6-5-7-9-13)20(16(14)12-19,17(21)23-3)18(22)24-4/h5-9,11,15-16H,10,12H2,1-4H3/t15-,16-/m0/s1. The average Bonchev–Trinajstić information content (AvgIpc) is 3.04. The number of carbonyl (C=O) groups excluding carboxylic acids is 2. The molecule has 0 saturated heterocycles. The predicted molar refractivity (Wildman–Crippen MR) is 90.2 cm³/mol. The highest BCUT2D eigenvalue weighted by atomic mass is 16.5. The van der Waals surface area contributed by atoms with Crippen molar-refractivity contribution in [2.24, 2.45) is 16.7 Å². The molecule has 1 aromatic rings. The summed E-state index contributed by atoms with van der Waals surface area (Å²) in [6.45, 7) is 4.27. The van der Waals surface area contributed by atoms with Crippen molar-refractivity contribution in [3.05, 3.63) is 47.5 Å². The van der Waals surface area contributed by atoms with Gasteiger partial charge in [-0.3, -0.25) is 9.59 Å². The number of ether oxygens (including phenoxy) is 2. The fraction of sp³-hybridized carbons (Fsp3) is 0.500. The summed E-state index contributed by atoms with van der Waals surface area (Å²) in [5, 5.41) is 0. The van der Waals surface area contributed by atoms with Crippen molar-refractivity contribution >= 4 is 11.9 Å². The molecule has 0 bridgehead atoms. The number of carbonyl (C=O) groups is 2. The highest BCUT2D eigenvalue weighted by Crippen LogP contribution is 2.63. The third-order valence-corrected chi connectivity index (χ3v) is 5.54. The van der Waals surface area contributed by atoms with Crippen LogP contribution in [0, 0.1) is 16.7 Å². The highest BCUT2D eigenvalue weighted by molar-refractivity contribution is 6.03. The molecule has 0 radical (unpaired) electrons. The van der Waals surface area contributed by atoms with Gasteiger partial charge in [-0.2, -0.15) is 0 Å². The summed E-state index contributed by atoms with van der Waals surface area (Å²) in [6.07, 6.45) is 3.65. The number of hydrogen-bond acceptors (Lipinski definition) is 4. The lowest BCUT2D eigenvalue weighted by molar-refractivity contribution is -0.173. The molecule has 1 aromatic carbocycles. The van der Waals surface area contributed by atoms with Crippen molar-refractivity contribution in [1.29, 1.82) is 0 Å². The van der Waals surface area contributed by atoms with Crippen molar-refractivity contribution in [3.8, 4) is 0 Å². The lowest BCUT2D eigenvalue weighted by Gasteiger charge is -2.35. The fourth-order valence-corrected chi connectivity index (χ4v) is 4.67. The van der Waals surface area contributed by atoms with E-state index >= 15 is 0 Å². The molecular weight excluding hydrogens is 304 g/mol. The molecular formula is C20H24O4. The number of rotatable bonds is 3.